The lowest BCUT2D eigenvalue weighted by atomic mass is 9.99. The zero-order valence-electron chi connectivity index (χ0n) is 22.7. The molecule has 1 aliphatic heterocycles. The molecule has 4 rings (SSSR count). The van der Waals surface area contributed by atoms with E-state index in [1.165, 1.54) is 23.2 Å². The van der Waals surface area contributed by atoms with Gasteiger partial charge in [-0.1, -0.05) is 36.2 Å². The summed E-state index contributed by atoms with van der Waals surface area (Å²) < 4.78 is 36.1. The average Bonchev–Trinajstić information content (AvgIpc) is 3.35. The Morgan fingerprint density at radius 2 is 1.98 bits per heavy atom. The number of aliphatic hydroxyl groups excluding tert-OH is 1. The van der Waals surface area contributed by atoms with E-state index < -0.39 is 16.1 Å². The molecule has 0 aliphatic carbocycles. The van der Waals surface area contributed by atoms with Crippen molar-refractivity contribution in [3.05, 3.63) is 70.1 Å². The molecule has 0 unspecified atom stereocenters. The highest BCUT2D eigenvalue weighted by atomic mass is 35.5. The Balaban J connectivity index is 1.62. The maximum atomic E-state index is 13.7. The molecule has 1 amide bonds. The number of hydrogen-bond donors (Lipinski definition) is 2. The van der Waals surface area contributed by atoms with Gasteiger partial charge in [-0.2, -0.15) is 8.42 Å². The van der Waals surface area contributed by atoms with E-state index in [1.807, 2.05) is 26.1 Å². The Morgan fingerprint density at radius 3 is 2.62 bits per heavy atom. The Labute approximate surface area is 244 Å². The highest BCUT2D eigenvalue weighted by molar-refractivity contribution is 7.92. The van der Waals surface area contributed by atoms with Crippen LogP contribution in [-0.2, 0) is 23.6 Å². The van der Waals surface area contributed by atoms with Crippen LogP contribution in [0.25, 0.3) is 0 Å². The Kier molecular flexibility index (Phi) is 9.31. The number of nitrogens with one attached hydrogen (secondary N) is 1. The molecule has 1 aliphatic rings. The van der Waals surface area contributed by atoms with Gasteiger partial charge in [0.25, 0.3) is 15.9 Å². The van der Waals surface area contributed by atoms with Crippen molar-refractivity contribution in [2.45, 2.75) is 37.6 Å². The topological polar surface area (TPSA) is 117 Å². The number of nitrogens with zero attached hydrogens (tertiary/aromatic N) is 4. The molecule has 2 heterocycles. The fourth-order valence-corrected chi connectivity index (χ4v) is 5.91. The molecule has 3 aromatic rings. The van der Waals surface area contributed by atoms with Gasteiger partial charge in [-0.25, -0.2) is 4.98 Å². The van der Waals surface area contributed by atoms with Crippen LogP contribution in [0.15, 0.2) is 53.9 Å². The van der Waals surface area contributed by atoms with Crippen LogP contribution in [0.1, 0.15) is 29.8 Å². The molecule has 13 heteroatoms. The number of benzene rings is 2. The quantitative estimate of drug-likeness (QED) is 0.378. The normalized spacial score (nSPS) is 18.6. The summed E-state index contributed by atoms with van der Waals surface area (Å²) in [7, 11) is -0.335. The van der Waals surface area contributed by atoms with Crippen molar-refractivity contribution in [2.24, 2.45) is 13.0 Å². The van der Waals surface area contributed by atoms with Crippen molar-refractivity contribution >= 4 is 44.8 Å². The van der Waals surface area contributed by atoms with E-state index in [2.05, 4.69) is 14.6 Å². The minimum absolute atomic E-state index is 0.0790. The van der Waals surface area contributed by atoms with Crippen LogP contribution in [0, 0.1) is 5.92 Å². The van der Waals surface area contributed by atoms with Gasteiger partial charge in [0.1, 0.15) is 11.9 Å². The maximum Gasteiger partial charge on any atom is 0.280 e. The van der Waals surface area contributed by atoms with E-state index in [4.69, 9.17) is 27.9 Å². The Bertz CT molecular complexity index is 1480. The zero-order valence-corrected chi connectivity index (χ0v) is 25.0. The molecule has 2 aromatic carbocycles. The monoisotopic (exact) mass is 609 g/mol. The molecule has 216 valence electrons. The minimum Gasteiger partial charge on any atom is -0.488 e. The van der Waals surface area contributed by atoms with Gasteiger partial charge in [-0.15, -0.1) is 0 Å². The molecule has 3 atom stereocenters. The second kappa shape index (κ2) is 12.4. The first-order valence-electron chi connectivity index (χ1n) is 12.7. The smallest absolute Gasteiger partial charge is 0.280 e. The van der Waals surface area contributed by atoms with E-state index >= 15 is 0 Å². The first-order valence-corrected chi connectivity index (χ1v) is 15.0. The number of sulfonamides is 1. The minimum atomic E-state index is -3.97. The van der Waals surface area contributed by atoms with Gasteiger partial charge in [0.2, 0.25) is 0 Å². The summed E-state index contributed by atoms with van der Waals surface area (Å²) in [6, 6.07) is 9.66. The number of aromatic nitrogens is 2. The van der Waals surface area contributed by atoms with E-state index in [-0.39, 0.29) is 40.8 Å². The number of fused-ring (bicyclic) bond motifs is 1. The zero-order chi connectivity index (χ0) is 29.2. The van der Waals surface area contributed by atoms with E-state index in [1.54, 1.807) is 37.1 Å². The number of halogens is 2. The molecule has 0 saturated carbocycles. The molecule has 0 spiro atoms. The van der Waals surface area contributed by atoms with Crippen molar-refractivity contribution in [3.8, 4) is 5.75 Å². The molecule has 0 fully saturated rings. The van der Waals surface area contributed by atoms with Gasteiger partial charge >= 0.3 is 0 Å². The summed E-state index contributed by atoms with van der Waals surface area (Å²) >= 11 is 12.2. The average molecular weight is 611 g/mol. The third kappa shape index (κ3) is 6.90. The molecule has 0 radical (unpaired) electrons. The Hall–Kier alpha value is -2.83. The van der Waals surface area contributed by atoms with Gasteiger partial charge in [0.05, 0.1) is 34.6 Å². The van der Waals surface area contributed by atoms with E-state index in [9.17, 15) is 18.3 Å². The molecule has 10 nitrogen and oxygen atoms in total. The predicted molar refractivity (Wildman–Crippen MR) is 154 cm³/mol. The lowest BCUT2D eigenvalue weighted by molar-refractivity contribution is 0.0341. The molecular weight excluding hydrogens is 577 g/mol. The number of rotatable bonds is 9. The van der Waals surface area contributed by atoms with Crippen LogP contribution in [-0.4, -0.2) is 77.7 Å². The number of carbonyl (C=O) groups excluding carboxylic acids is 1. The highest BCUT2D eigenvalue weighted by Gasteiger charge is 2.34. The molecule has 2 N–H and O–H groups in total. The number of imidazole rings is 1. The van der Waals surface area contributed by atoms with Crippen LogP contribution in [0.4, 0.5) is 5.69 Å². The van der Waals surface area contributed by atoms with Crippen LogP contribution in [0.3, 0.4) is 0 Å². The molecule has 1 aromatic heterocycles. The summed E-state index contributed by atoms with van der Waals surface area (Å²) in [5, 5.41) is 10.7. The summed E-state index contributed by atoms with van der Waals surface area (Å²) in [4.78, 5) is 21.3. The van der Waals surface area contributed by atoms with Gasteiger partial charge in [0.15, 0.2) is 5.03 Å². The first-order chi connectivity index (χ1) is 18.9. The summed E-state index contributed by atoms with van der Waals surface area (Å²) in [6.07, 6.45) is 2.46. The third-order valence-corrected chi connectivity index (χ3v) is 8.81. The number of amides is 1. The van der Waals surface area contributed by atoms with Crippen LogP contribution < -0.4 is 9.46 Å². The van der Waals surface area contributed by atoms with Gasteiger partial charge < -0.3 is 19.3 Å². The largest absolute Gasteiger partial charge is 0.488 e. The van der Waals surface area contributed by atoms with Crippen molar-refractivity contribution in [3.63, 3.8) is 0 Å². The number of aryl methyl sites for hydroxylation is 1. The van der Waals surface area contributed by atoms with Crippen LogP contribution >= 0.6 is 23.2 Å². The van der Waals surface area contributed by atoms with Crippen LogP contribution in [0.5, 0.6) is 5.75 Å². The van der Waals surface area contributed by atoms with Crippen molar-refractivity contribution in [1.29, 1.82) is 0 Å². The fraction of sp³-hybridized carbons (Fsp3) is 0.407. The number of carbonyl (C=O) groups is 1. The van der Waals surface area contributed by atoms with E-state index in [0.29, 0.717) is 35.4 Å². The summed E-state index contributed by atoms with van der Waals surface area (Å²) in [6.45, 7) is 5.02. The number of hydrogen-bond acceptors (Lipinski definition) is 7. The lowest BCUT2D eigenvalue weighted by Gasteiger charge is -2.38. The second-order valence-corrected chi connectivity index (χ2v) is 12.7. The number of anilines is 1. The first kappa shape index (κ1) is 30.1. The third-order valence-electron chi connectivity index (χ3n) is 6.80. The predicted octanol–water partition coefficient (Wildman–Crippen LogP) is 3.88. The maximum absolute atomic E-state index is 13.7. The van der Waals surface area contributed by atoms with Crippen molar-refractivity contribution in [1.82, 2.24) is 19.4 Å². The Morgan fingerprint density at radius 1 is 1.23 bits per heavy atom. The fourth-order valence-electron chi connectivity index (χ4n) is 4.56. The van der Waals surface area contributed by atoms with Crippen molar-refractivity contribution in [2.75, 3.05) is 31.5 Å². The summed E-state index contributed by atoms with van der Waals surface area (Å²) in [5.41, 5.74) is 1.39. The van der Waals surface area contributed by atoms with Crippen LogP contribution in [0.2, 0.25) is 10.0 Å². The number of likely N-dealkylation sites (N-methyl/N-ethyl adjacent to an activating group) is 1. The standard InChI is InChI=1S/C27H33Cl2N5O5S/c1-17-11-34(18(2)15-35)27(36)21-10-20(31-40(37,38)26-14-33(4)16-30-26)6-8-24(21)39-25(17)13-32(3)12-19-5-7-22(28)23(29)9-19/h5-10,14,16-18,25,31,35H,11-13,15H2,1-4H3/t17-,18-,25+/m0/s1. The molecule has 40 heavy (non-hydrogen) atoms. The highest BCUT2D eigenvalue weighted by Crippen LogP contribution is 2.31. The van der Waals surface area contributed by atoms with Gasteiger partial charge in [0, 0.05) is 44.5 Å². The van der Waals surface area contributed by atoms with Gasteiger partial charge in [-0.05, 0) is 49.9 Å². The molecule has 0 saturated heterocycles. The molecule has 0 bridgehead atoms. The number of aliphatic hydroxyl groups is 1. The lowest BCUT2D eigenvalue weighted by Crippen LogP contribution is -2.49. The number of ether oxygens (including phenoxy) is 1. The molecular formula is C27H33Cl2N5O5S. The van der Waals surface area contributed by atoms with Gasteiger partial charge in [-0.3, -0.25) is 14.4 Å². The SMILES string of the molecule is C[C@H]1CN([C@@H](C)CO)C(=O)c2cc(NS(=O)(=O)c3cn(C)cn3)ccc2O[C@@H]1CN(C)Cc1ccc(Cl)c(Cl)c1. The summed E-state index contributed by atoms with van der Waals surface area (Å²) in [5.74, 6) is -0.102. The van der Waals surface area contributed by atoms with E-state index in [0.717, 1.165) is 5.56 Å². The second-order valence-electron chi connectivity index (χ2n) is 10.3. The van der Waals surface area contributed by atoms with Crippen molar-refractivity contribution < 1.29 is 23.1 Å².